The topological polar surface area (TPSA) is 82.3 Å². The van der Waals surface area contributed by atoms with Crippen molar-refractivity contribution in [1.82, 2.24) is 10.2 Å². The van der Waals surface area contributed by atoms with E-state index in [0.29, 0.717) is 31.4 Å². The van der Waals surface area contributed by atoms with Gasteiger partial charge < -0.3 is 20.5 Å². The quantitative estimate of drug-likeness (QED) is 0.760. The Morgan fingerprint density at radius 1 is 1.19 bits per heavy atom. The molecule has 0 aliphatic carbocycles. The summed E-state index contributed by atoms with van der Waals surface area (Å²) >= 11 is 0. The maximum Gasteiger partial charge on any atom is 0.154 e. The van der Waals surface area contributed by atoms with Crippen LogP contribution < -0.4 is 15.8 Å². The number of hydrogen-bond acceptors (Lipinski definition) is 6. The molecule has 3 N–H and O–H groups in total. The molecule has 21 heavy (non-hydrogen) atoms. The van der Waals surface area contributed by atoms with Gasteiger partial charge in [-0.05, 0) is 30.7 Å². The second kappa shape index (κ2) is 7.44. The number of benzene rings is 1. The van der Waals surface area contributed by atoms with Gasteiger partial charge in [-0.1, -0.05) is 12.1 Å². The first-order chi connectivity index (χ1) is 10.2. The molecule has 112 valence electrons. The molecule has 0 aliphatic heterocycles. The highest BCUT2D eigenvalue weighted by Gasteiger charge is 2.07. The van der Waals surface area contributed by atoms with Crippen molar-refractivity contribution in [3.8, 4) is 16.9 Å². The number of methoxy groups -OCH3 is 1. The third-order valence-electron chi connectivity index (χ3n) is 2.98. The van der Waals surface area contributed by atoms with E-state index in [2.05, 4.69) is 15.5 Å². The van der Waals surface area contributed by atoms with E-state index in [-0.39, 0.29) is 0 Å². The molecular formula is C15H20N4O2. The van der Waals surface area contributed by atoms with Crippen LogP contribution in [0.1, 0.15) is 6.92 Å². The highest BCUT2D eigenvalue weighted by atomic mass is 16.5. The van der Waals surface area contributed by atoms with Crippen molar-refractivity contribution in [2.24, 2.45) is 0 Å². The summed E-state index contributed by atoms with van der Waals surface area (Å²) in [5, 5.41) is 11.2. The molecule has 0 bridgehead atoms. The molecule has 0 fully saturated rings. The van der Waals surface area contributed by atoms with Gasteiger partial charge in [0, 0.05) is 18.7 Å². The molecule has 1 aromatic heterocycles. The normalized spacial score (nSPS) is 10.4. The van der Waals surface area contributed by atoms with Crippen LogP contribution in [0.5, 0.6) is 5.75 Å². The van der Waals surface area contributed by atoms with Gasteiger partial charge in [-0.25, -0.2) is 0 Å². The number of aromatic nitrogens is 2. The number of nitrogen functional groups attached to an aromatic ring is 1. The summed E-state index contributed by atoms with van der Waals surface area (Å²) in [5.41, 5.74) is 7.72. The fourth-order valence-corrected chi connectivity index (χ4v) is 1.88. The lowest BCUT2D eigenvalue weighted by atomic mass is 10.1. The number of nitrogens with one attached hydrogen (secondary N) is 1. The van der Waals surface area contributed by atoms with Crippen LogP contribution in [0, 0.1) is 0 Å². The first kappa shape index (κ1) is 15.1. The molecule has 0 aliphatic rings. The number of anilines is 2. The minimum absolute atomic E-state index is 0.399. The van der Waals surface area contributed by atoms with Crippen molar-refractivity contribution in [3.05, 3.63) is 30.3 Å². The van der Waals surface area contributed by atoms with Gasteiger partial charge in [0.15, 0.2) is 5.82 Å². The average Bonchev–Trinajstić information content (AvgIpc) is 2.53. The van der Waals surface area contributed by atoms with Crippen LogP contribution >= 0.6 is 0 Å². The fraction of sp³-hybridized carbons (Fsp3) is 0.333. The minimum Gasteiger partial charge on any atom is -0.497 e. The molecule has 1 aromatic carbocycles. The predicted octanol–water partition coefficient (Wildman–Crippen LogP) is 2.18. The van der Waals surface area contributed by atoms with Crippen molar-refractivity contribution >= 4 is 11.6 Å². The Balaban J connectivity index is 2.14. The molecule has 0 spiro atoms. The van der Waals surface area contributed by atoms with E-state index in [0.717, 1.165) is 16.9 Å². The Kier molecular flexibility index (Phi) is 5.34. The van der Waals surface area contributed by atoms with Gasteiger partial charge in [-0.2, -0.15) is 0 Å². The predicted molar refractivity (Wildman–Crippen MR) is 83.4 cm³/mol. The van der Waals surface area contributed by atoms with E-state index in [9.17, 15) is 0 Å². The summed E-state index contributed by atoms with van der Waals surface area (Å²) in [6.07, 6.45) is 0. The van der Waals surface area contributed by atoms with Gasteiger partial charge in [0.05, 0.1) is 13.7 Å². The molecule has 0 amide bonds. The van der Waals surface area contributed by atoms with Gasteiger partial charge in [-0.15, -0.1) is 10.2 Å². The SMILES string of the molecule is CCOCCNc1cc(-c2ccc(OC)cc2)c(N)nn1. The molecule has 0 saturated carbocycles. The third kappa shape index (κ3) is 4.06. The number of nitrogens with two attached hydrogens (primary N) is 1. The lowest BCUT2D eigenvalue weighted by Gasteiger charge is -2.09. The Morgan fingerprint density at radius 3 is 2.62 bits per heavy atom. The molecule has 6 nitrogen and oxygen atoms in total. The molecule has 6 heteroatoms. The Hall–Kier alpha value is -2.34. The van der Waals surface area contributed by atoms with Gasteiger partial charge >= 0.3 is 0 Å². The fourth-order valence-electron chi connectivity index (χ4n) is 1.88. The van der Waals surface area contributed by atoms with Crippen LogP contribution in [0.2, 0.25) is 0 Å². The van der Waals surface area contributed by atoms with Crippen molar-refractivity contribution in [2.75, 3.05) is 37.9 Å². The summed E-state index contributed by atoms with van der Waals surface area (Å²) in [5.74, 6) is 1.87. The van der Waals surface area contributed by atoms with E-state index in [1.807, 2.05) is 37.3 Å². The zero-order valence-corrected chi connectivity index (χ0v) is 12.3. The third-order valence-corrected chi connectivity index (χ3v) is 2.98. The van der Waals surface area contributed by atoms with Crippen molar-refractivity contribution in [1.29, 1.82) is 0 Å². The van der Waals surface area contributed by atoms with Gasteiger partial charge in [0.2, 0.25) is 0 Å². The number of nitrogens with zero attached hydrogens (tertiary/aromatic N) is 2. The average molecular weight is 288 g/mol. The van der Waals surface area contributed by atoms with Crippen LogP contribution in [-0.2, 0) is 4.74 Å². The van der Waals surface area contributed by atoms with E-state index in [1.165, 1.54) is 0 Å². The van der Waals surface area contributed by atoms with Crippen molar-refractivity contribution in [3.63, 3.8) is 0 Å². The molecular weight excluding hydrogens is 268 g/mol. The van der Waals surface area contributed by atoms with Crippen LogP contribution in [0.4, 0.5) is 11.6 Å². The first-order valence-electron chi connectivity index (χ1n) is 6.83. The van der Waals surface area contributed by atoms with E-state index < -0.39 is 0 Å². The Bertz CT molecular complexity index is 572. The molecule has 0 saturated heterocycles. The summed E-state index contributed by atoms with van der Waals surface area (Å²) in [7, 11) is 1.64. The van der Waals surface area contributed by atoms with E-state index in [1.54, 1.807) is 7.11 Å². The van der Waals surface area contributed by atoms with Crippen LogP contribution in [-0.4, -0.2) is 37.1 Å². The van der Waals surface area contributed by atoms with Crippen molar-refractivity contribution in [2.45, 2.75) is 6.92 Å². The smallest absolute Gasteiger partial charge is 0.154 e. The minimum atomic E-state index is 0.399. The standard InChI is InChI=1S/C15H20N4O2/c1-3-21-9-8-17-14-10-13(15(16)19-18-14)11-4-6-12(20-2)7-5-11/h4-7,10H,3,8-9H2,1-2H3,(H2,16,19)(H,17,18). The maximum absolute atomic E-state index is 5.91. The zero-order valence-electron chi connectivity index (χ0n) is 12.3. The lowest BCUT2D eigenvalue weighted by molar-refractivity contribution is 0.158. The van der Waals surface area contributed by atoms with Crippen LogP contribution in [0.3, 0.4) is 0 Å². The summed E-state index contributed by atoms with van der Waals surface area (Å²) in [6.45, 7) is 3.96. The Labute approximate surface area is 124 Å². The molecule has 0 radical (unpaired) electrons. The van der Waals surface area contributed by atoms with Gasteiger partial charge in [-0.3, -0.25) is 0 Å². The lowest BCUT2D eigenvalue weighted by Crippen LogP contribution is -2.11. The molecule has 1 heterocycles. The number of ether oxygens (including phenoxy) is 2. The molecule has 0 unspecified atom stereocenters. The van der Waals surface area contributed by atoms with E-state index in [4.69, 9.17) is 15.2 Å². The van der Waals surface area contributed by atoms with Crippen LogP contribution in [0.15, 0.2) is 30.3 Å². The highest BCUT2D eigenvalue weighted by molar-refractivity contribution is 5.75. The molecule has 2 aromatic rings. The zero-order chi connectivity index (χ0) is 15.1. The summed E-state index contributed by atoms with van der Waals surface area (Å²) in [6, 6.07) is 9.54. The van der Waals surface area contributed by atoms with Gasteiger partial charge in [0.1, 0.15) is 11.6 Å². The van der Waals surface area contributed by atoms with Crippen LogP contribution in [0.25, 0.3) is 11.1 Å². The van der Waals surface area contributed by atoms with E-state index >= 15 is 0 Å². The highest BCUT2D eigenvalue weighted by Crippen LogP contribution is 2.27. The molecule has 2 rings (SSSR count). The van der Waals surface area contributed by atoms with Crippen molar-refractivity contribution < 1.29 is 9.47 Å². The largest absolute Gasteiger partial charge is 0.497 e. The summed E-state index contributed by atoms with van der Waals surface area (Å²) < 4.78 is 10.4. The second-order valence-corrected chi connectivity index (χ2v) is 4.38. The van der Waals surface area contributed by atoms with Gasteiger partial charge in [0.25, 0.3) is 0 Å². The summed E-state index contributed by atoms with van der Waals surface area (Å²) in [4.78, 5) is 0. The Morgan fingerprint density at radius 2 is 1.95 bits per heavy atom. The second-order valence-electron chi connectivity index (χ2n) is 4.38. The molecule has 0 atom stereocenters. The number of hydrogen-bond donors (Lipinski definition) is 2. The number of rotatable bonds is 7. The monoisotopic (exact) mass is 288 g/mol. The maximum atomic E-state index is 5.91. The first-order valence-corrected chi connectivity index (χ1v) is 6.83.